The zero-order chi connectivity index (χ0) is 12.1. The van der Waals surface area contributed by atoms with Crippen molar-refractivity contribution in [3.63, 3.8) is 0 Å². The molecule has 0 saturated carbocycles. The average Bonchev–Trinajstić information content (AvgIpc) is 2.08. The van der Waals surface area contributed by atoms with Crippen LogP contribution < -0.4 is 11.5 Å². The molecule has 0 rings (SSSR count). The first-order valence-electron chi connectivity index (χ1n) is 4.93. The molecule has 1 unspecified atom stereocenters. The van der Waals surface area contributed by atoms with Gasteiger partial charge in [0.05, 0.1) is 6.61 Å². The average molecular weight is 216 g/mol. The lowest BCUT2D eigenvalue weighted by molar-refractivity contribution is -0.148. The first kappa shape index (κ1) is 13.9. The van der Waals surface area contributed by atoms with Gasteiger partial charge in [0, 0.05) is 6.42 Å². The number of rotatable bonds is 5. The van der Waals surface area contributed by atoms with Crippen molar-refractivity contribution in [2.75, 3.05) is 6.61 Å². The van der Waals surface area contributed by atoms with Crippen molar-refractivity contribution >= 4 is 11.9 Å². The van der Waals surface area contributed by atoms with Gasteiger partial charge in [0.25, 0.3) is 0 Å². The molecule has 4 N–H and O–H groups in total. The molecule has 0 aromatic rings. The van der Waals surface area contributed by atoms with Crippen LogP contribution in [-0.2, 0) is 14.3 Å². The molecule has 0 spiro atoms. The van der Waals surface area contributed by atoms with E-state index in [4.69, 9.17) is 16.2 Å². The van der Waals surface area contributed by atoms with E-state index in [-0.39, 0.29) is 18.3 Å². The minimum atomic E-state index is -0.764. The van der Waals surface area contributed by atoms with Crippen LogP contribution in [0, 0.1) is 5.41 Å². The third-order valence-corrected chi connectivity index (χ3v) is 1.65. The molecule has 0 aliphatic carbocycles. The Kier molecular flexibility index (Phi) is 5.28. The molecule has 0 aromatic heterocycles. The molecule has 5 nitrogen and oxygen atoms in total. The van der Waals surface area contributed by atoms with Crippen LogP contribution in [0.25, 0.3) is 0 Å². The lowest BCUT2D eigenvalue weighted by Gasteiger charge is -2.19. The maximum Gasteiger partial charge on any atom is 0.322 e. The summed E-state index contributed by atoms with van der Waals surface area (Å²) < 4.78 is 4.98. The second kappa shape index (κ2) is 5.70. The van der Waals surface area contributed by atoms with Gasteiger partial charge in [-0.05, 0) is 11.8 Å². The number of nitrogens with two attached hydrogens (primary N) is 2. The summed E-state index contributed by atoms with van der Waals surface area (Å²) in [6.45, 7) is 6.18. The summed E-state index contributed by atoms with van der Waals surface area (Å²) in [5.41, 5.74) is 10.4. The normalized spacial score (nSPS) is 13.3. The van der Waals surface area contributed by atoms with E-state index < -0.39 is 17.9 Å². The molecule has 5 heteroatoms. The fourth-order valence-electron chi connectivity index (χ4n) is 0.810. The summed E-state index contributed by atoms with van der Waals surface area (Å²) >= 11 is 0. The summed E-state index contributed by atoms with van der Waals surface area (Å²) in [5.74, 6) is -0.944. The van der Waals surface area contributed by atoms with Gasteiger partial charge in [0.1, 0.15) is 6.04 Å². The quantitative estimate of drug-likeness (QED) is 0.640. The Hall–Kier alpha value is -1.10. The maximum absolute atomic E-state index is 11.3. The Labute approximate surface area is 90.1 Å². The Bertz CT molecular complexity index is 233. The minimum absolute atomic E-state index is 0.0843. The summed E-state index contributed by atoms with van der Waals surface area (Å²) in [4.78, 5) is 21.8. The molecular weight excluding hydrogens is 196 g/mol. The fourth-order valence-corrected chi connectivity index (χ4v) is 0.810. The number of amides is 1. The highest BCUT2D eigenvalue weighted by Crippen LogP contribution is 2.13. The van der Waals surface area contributed by atoms with E-state index in [0.29, 0.717) is 6.61 Å². The molecule has 0 radical (unpaired) electrons. The molecule has 0 fully saturated rings. The van der Waals surface area contributed by atoms with Crippen molar-refractivity contribution in [2.24, 2.45) is 16.9 Å². The van der Waals surface area contributed by atoms with Gasteiger partial charge in [0.15, 0.2) is 0 Å². The van der Waals surface area contributed by atoms with E-state index in [1.807, 2.05) is 20.8 Å². The Morgan fingerprint density at radius 2 is 1.87 bits per heavy atom. The van der Waals surface area contributed by atoms with Gasteiger partial charge < -0.3 is 16.2 Å². The highest BCUT2D eigenvalue weighted by molar-refractivity contribution is 5.78. The van der Waals surface area contributed by atoms with Crippen LogP contribution in [0.2, 0.25) is 0 Å². The SMILES string of the molecule is CC(C)(C)COC(=O)C(N)CCC(N)=O. The van der Waals surface area contributed by atoms with Crippen molar-refractivity contribution in [3.05, 3.63) is 0 Å². The Morgan fingerprint density at radius 3 is 2.27 bits per heavy atom. The van der Waals surface area contributed by atoms with Gasteiger partial charge in [-0.15, -0.1) is 0 Å². The smallest absolute Gasteiger partial charge is 0.322 e. The summed E-state index contributed by atoms with van der Waals surface area (Å²) in [5, 5.41) is 0. The number of carbonyl (C=O) groups excluding carboxylic acids is 2. The Morgan fingerprint density at radius 1 is 1.33 bits per heavy atom. The molecule has 0 bridgehead atoms. The van der Waals surface area contributed by atoms with E-state index in [1.165, 1.54) is 0 Å². The second-order valence-corrected chi connectivity index (χ2v) is 4.78. The van der Waals surface area contributed by atoms with Crippen LogP contribution in [0.1, 0.15) is 33.6 Å². The van der Waals surface area contributed by atoms with E-state index in [9.17, 15) is 9.59 Å². The van der Waals surface area contributed by atoms with Crippen LogP contribution in [0.4, 0.5) is 0 Å². The van der Waals surface area contributed by atoms with Crippen molar-refractivity contribution in [2.45, 2.75) is 39.7 Å². The predicted octanol–water partition coefficient (Wildman–Crippen LogP) is 0.169. The van der Waals surface area contributed by atoms with Crippen molar-refractivity contribution in [1.29, 1.82) is 0 Å². The monoisotopic (exact) mass is 216 g/mol. The third-order valence-electron chi connectivity index (χ3n) is 1.65. The van der Waals surface area contributed by atoms with Crippen molar-refractivity contribution in [3.8, 4) is 0 Å². The molecule has 1 amide bonds. The van der Waals surface area contributed by atoms with Crippen molar-refractivity contribution < 1.29 is 14.3 Å². The molecule has 0 saturated heterocycles. The molecule has 88 valence electrons. The molecular formula is C10H20N2O3. The van der Waals surface area contributed by atoms with Crippen LogP contribution in [-0.4, -0.2) is 24.5 Å². The second-order valence-electron chi connectivity index (χ2n) is 4.78. The number of primary amides is 1. The van der Waals surface area contributed by atoms with E-state index in [2.05, 4.69) is 0 Å². The first-order valence-corrected chi connectivity index (χ1v) is 4.93. The lowest BCUT2D eigenvalue weighted by atomic mass is 9.99. The molecule has 0 aliphatic rings. The summed E-state index contributed by atoms with van der Waals surface area (Å²) in [7, 11) is 0. The van der Waals surface area contributed by atoms with Crippen LogP contribution in [0.5, 0.6) is 0 Å². The van der Waals surface area contributed by atoms with Crippen LogP contribution in [0.3, 0.4) is 0 Å². The zero-order valence-electron chi connectivity index (χ0n) is 9.58. The fraction of sp³-hybridized carbons (Fsp3) is 0.800. The summed E-state index contributed by atoms with van der Waals surface area (Å²) in [6.07, 6.45) is 0.337. The maximum atomic E-state index is 11.3. The number of hydrogen-bond acceptors (Lipinski definition) is 4. The number of hydrogen-bond donors (Lipinski definition) is 2. The van der Waals surface area contributed by atoms with Crippen LogP contribution >= 0.6 is 0 Å². The third kappa shape index (κ3) is 7.93. The van der Waals surface area contributed by atoms with Gasteiger partial charge in [-0.1, -0.05) is 20.8 Å². The van der Waals surface area contributed by atoms with E-state index >= 15 is 0 Å². The Balaban J connectivity index is 3.84. The zero-order valence-corrected chi connectivity index (χ0v) is 9.58. The van der Waals surface area contributed by atoms with Gasteiger partial charge >= 0.3 is 5.97 Å². The number of ether oxygens (including phenoxy) is 1. The summed E-state index contributed by atoms with van der Waals surface area (Å²) in [6, 6.07) is -0.764. The highest BCUT2D eigenvalue weighted by Gasteiger charge is 2.19. The molecule has 15 heavy (non-hydrogen) atoms. The van der Waals surface area contributed by atoms with E-state index in [1.54, 1.807) is 0 Å². The lowest BCUT2D eigenvalue weighted by Crippen LogP contribution is -2.35. The van der Waals surface area contributed by atoms with Crippen LogP contribution in [0.15, 0.2) is 0 Å². The van der Waals surface area contributed by atoms with Crippen molar-refractivity contribution in [1.82, 2.24) is 0 Å². The molecule has 0 aromatic carbocycles. The highest BCUT2D eigenvalue weighted by atomic mass is 16.5. The standard InChI is InChI=1S/C10H20N2O3/c1-10(2,3)6-15-9(14)7(11)4-5-8(12)13/h7H,4-6,11H2,1-3H3,(H2,12,13). The molecule has 1 atom stereocenters. The molecule has 0 heterocycles. The minimum Gasteiger partial charge on any atom is -0.464 e. The van der Waals surface area contributed by atoms with Gasteiger partial charge in [-0.25, -0.2) is 0 Å². The predicted molar refractivity (Wildman–Crippen MR) is 56.8 cm³/mol. The number of esters is 1. The van der Waals surface area contributed by atoms with Gasteiger partial charge in [-0.2, -0.15) is 0 Å². The van der Waals surface area contributed by atoms with E-state index in [0.717, 1.165) is 0 Å². The largest absolute Gasteiger partial charge is 0.464 e. The van der Waals surface area contributed by atoms with Gasteiger partial charge in [0.2, 0.25) is 5.91 Å². The van der Waals surface area contributed by atoms with Gasteiger partial charge in [-0.3, -0.25) is 9.59 Å². The first-order chi connectivity index (χ1) is 6.72. The topological polar surface area (TPSA) is 95.4 Å². The number of carbonyl (C=O) groups is 2. The molecule has 0 aliphatic heterocycles.